The van der Waals surface area contributed by atoms with Gasteiger partial charge in [-0.2, -0.15) is 0 Å². The van der Waals surface area contributed by atoms with E-state index in [2.05, 4.69) is 35.0 Å². The summed E-state index contributed by atoms with van der Waals surface area (Å²) in [4.78, 5) is 47.0. The fraction of sp³-hybridized carbons (Fsp3) is 0.433. The van der Waals surface area contributed by atoms with E-state index in [0.717, 1.165) is 47.0 Å². The number of aryl methyl sites for hydroxylation is 1. The number of carbonyl (C=O) groups is 2. The largest absolute Gasteiger partial charge is 0.368 e. The molecule has 3 heterocycles. The van der Waals surface area contributed by atoms with Crippen LogP contribution in [0.1, 0.15) is 38.2 Å². The fourth-order valence-electron chi connectivity index (χ4n) is 5.46. The summed E-state index contributed by atoms with van der Waals surface area (Å²) in [6.07, 6.45) is 2.63. The third kappa shape index (κ3) is 6.32. The molecule has 0 unspecified atom stereocenters. The van der Waals surface area contributed by atoms with E-state index in [0.29, 0.717) is 31.9 Å². The summed E-state index contributed by atoms with van der Waals surface area (Å²) in [7, 11) is 0. The van der Waals surface area contributed by atoms with Crippen LogP contribution in [-0.4, -0.2) is 65.9 Å². The number of nitrogens with one attached hydrogen (secondary N) is 1. The van der Waals surface area contributed by atoms with Crippen LogP contribution >= 0.6 is 0 Å². The summed E-state index contributed by atoms with van der Waals surface area (Å²) >= 11 is 0. The first-order valence-corrected chi connectivity index (χ1v) is 14.0. The van der Waals surface area contributed by atoms with Gasteiger partial charge in [-0.3, -0.25) is 19.7 Å². The molecule has 2 saturated heterocycles. The lowest BCUT2D eigenvalue weighted by Crippen LogP contribution is -2.48. The fourth-order valence-corrected chi connectivity index (χ4v) is 5.46. The van der Waals surface area contributed by atoms with Crippen molar-refractivity contribution in [2.45, 2.75) is 39.5 Å². The maximum absolute atomic E-state index is 12.8. The van der Waals surface area contributed by atoms with Crippen molar-refractivity contribution in [2.75, 3.05) is 54.4 Å². The van der Waals surface area contributed by atoms with Crippen LogP contribution < -0.4 is 15.1 Å². The Morgan fingerprint density at radius 2 is 1.65 bits per heavy atom. The molecular weight excluding hydrogens is 508 g/mol. The molecule has 10 nitrogen and oxygen atoms in total. The summed E-state index contributed by atoms with van der Waals surface area (Å²) < 4.78 is 0. The molecule has 0 saturated carbocycles. The van der Waals surface area contributed by atoms with Crippen LogP contribution in [0.15, 0.2) is 48.5 Å². The first kappa shape index (κ1) is 27.4. The molecule has 2 amide bonds. The maximum Gasteiger partial charge on any atom is 0.269 e. The van der Waals surface area contributed by atoms with Crippen LogP contribution in [0.25, 0.3) is 10.9 Å². The molecule has 1 aromatic heterocycles. The molecule has 2 aliphatic rings. The minimum Gasteiger partial charge on any atom is -0.368 e. The highest BCUT2D eigenvalue weighted by Crippen LogP contribution is 2.28. The van der Waals surface area contributed by atoms with Crippen molar-refractivity contribution in [2.24, 2.45) is 5.92 Å². The number of piperidine rings is 1. The van der Waals surface area contributed by atoms with E-state index in [1.807, 2.05) is 18.2 Å². The van der Waals surface area contributed by atoms with Gasteiger partial charge >= 0.3 is 0 Å². The summed E-state index contributed by atoms with van der Waals surface area (Å²) in [6, 6.07) is 14.4. The number of nitro benzene ring substituents is 1. The molecule has 5 rings (SSSR count). The van der Waals surface area contributed by atoms with Crippen molar-refractivity contribution in [3.8, 4) is 0 Å². The molecule has 210 valence electrons. The highest BCUT2D eigenvalue weighted by Gasteiger charge is 2.22. The molecule has 0 radical (unpaired) electrons. The van der Waals surface area contributed by atoms with Crippen molar-refractivity contribution in [1.82, 2.24) is 9.88 Å². The monoisotopic (exact) mass is 544 g/mol. The van der Waals surface area contributed by atoms with Gasteiger partial charge < -0.3 is 20.0 Å². The smallest absolute Gasteiger partial charge is 0.269 e. The number of fused-ring (bicyclic) bond motifs is 1. The number of carbonyl (C=O) groups excluding carboxylic acids is 2. The van der Waals surface area contributed by atoms with Crippen molar-refractivity contribution in [3.63, 3.8) is 0 Å². The van der Waals surface area contributed by atoms with Gasteiger partial charge in [0.25, 0.3) is 5.69 Å². The third-order valence-electron chi connectivity index (χ3n) is 8.02. The van der Waals surface area contributed by atoms with E-state index in [1.165, 1.54) is 25.0 Å². The van der Waals surface area contributed by atoms with Gasteiger partial charge in [0.15, 0.2) is 0 Å². The number of anilines is 3. The predicted octanol–water partition coefficient (Wildman–Crippen LogP) is 4.76. The lowest BCUT2D eigenvalue weighted by atomic mass is 9.99. The number of piperazine rings is 1. The SMILES string of the molecule is Cc1cc(N2CCC(C)CC2)nc2ccc(NC(=O)CCC(=O)N3CCN(c4ccc([N+](=O)[O-])cc4)CC3)cc12. The Kier molecular flexibility index (Phi) is 8.14. The zero-order valence-corrected chi connectivity index (χ0v) is 23.1. The standard InChI is InChI=1S/C30H36N6O4/c1-21-11-13-34(14-12-21)28-19-22(2)26-20-23(3-8-27(26)32-28)31-29(37)9-10-30(38)35-17-15-33(16-18-35)24-4-6-25(7-5-24)36(39)40/h3-8,19-21H,9-18H2,1-2H3,(H,31,37). The van der Waals surface area contributed by atoms with Crippen molar-refractivity contribution < 1.29 is 14.5 Å². The normalized spacial score (nSPS) is 16.3. The van der Waals surface area contributed by atoms with Crippen LogP contribution in [0, 0.1) is 23.0 Å². The summed E-state index contributed by atoms with van der Waals surface area (Å²) in [5.41, 5.74) is 3.69. The van der Waals surface area contributed by atoms with Gasteiger partial charge in [0, 0.05) is 81.0 Å². The number of rotatable bonds is 7. The summed E-state index contributed by atoms with van der Waals surface area (Å²) in [5, 5.41) is 14.8. The Morgan fingerprint density at radius 3 is 2.33 bits per heavy atom. The second kappa shape index (κ2) is 11.9. The van der Waals surface area contributed by atoms with Crippen molar-refractivity contribution in [3.05, 3.63) is 64.2 Å². The summed E-state index contributed by atoms with van der Waals surface area (Å²) in [5.74, 6) is 1.54. The number of hydrogen-bond acceptors (Lipinski definition) is 7. The number of non-ortho nitro benzene ring substituents is 1. The van der Waals surface area contributed by atoms with Gasteiger partial charge in [-0.05, 0) is 67.6 Å². The van der Waals surface area contributed by atoms with E-state index in [9.17, 15) is 19.7 Å². The molecule has 2 aromatic carbocycles. The predicted molar refractivity (Wildman–Crippen MR) is 157 cm³/mol. The van der Waals surface area contributed by atoms with Gasteiger partial charge in [-0.25, -0.2) is 4.98 Å². The molecule has 3 aromatic rings. The van der Waals surface area contributed by atoms with Crippen LogP contribution in [-0.2, 0) is 9.59 Å². The first-order valence-electron chi connectivity index (χ1n) is 14.0. The number of nitro groups is 1. The summed E-state index contributed by atoms with van der Waals surface area (Å²) in [6.45, 7) is 8.81. The average Bonchev–Trinajstić information content (AvgIpc) is 2.96. The Balaban J connectivity index is 1.11. The second-order valence-electron chi connectivity index (χ2n) is 10.9. The Morgan fingerprint density at radius 1 is 0.950 bits per heavy atom. The van der Waals surface area contributed by atoms with Gasteiger partial charge in [-0.1, -0.05) is 6.92 Å². The molecule has 2 fully saturated rings. The van der Waals surface area contributed by atoms with Gasteiger partial charge in [0.05, 0.1) is 10.4 Å². The Hall–Kier alpha value is -4.21. The quantitative estimate of drug-likeness (QED) is 0.337. The van der Waals surface area contributed by atoms with E-state index >= 15 is 0 Å². The molecule has 0 bridgehead atoms. The molecule has 40 heavy (non-hydrogen) atoms. The molecular formula is C30H36N6O4. The lowest BCUT2D eigenvalue weighted by Gasteiger charge is -2.36. The molecule has 0 spiro atoms. The van der Waals surface area contributed by atoms with Crippen LogP contribution in [0.2, 0.25) is 0 Å². The number of aromatic nitrogens is 1. The van der Waals surface area contributed by atoms with Gasteiger partial charge in [-0.15, -0.1) is 0 Å². The first-order chi connectivity index (χ1) is 19.3. The topological polar surface area (TPSA) is 112 Å². The molecule has 0 atom stereocenters. The second-order valence-corrected chi connectivity index (χ2v) is 10.9. The van der Waals surface area contributed by atoms with E-state index in [-0.39, 0.29) is 30.3 Å². The van der Waals surface area contributed by atoms with Gasteiger partial charge in [0.1, 0.15) is 5.82 Å². The zero-order chi connectivity index (χ0) is 28.2. The van der Waals surface area contributed by atoms with Crippen LogP contribution in [0.3, 0.4) is 0 Å². The highest BCUT2D eigenvalue weighted by atomic mass is 16.6. The minimum absolute atomic E-state index is 0.0447. The van der Waals surface area contributed by atoms with Crippen LogP contribution in [0.4, 0.5) is 22.9 Å². The zero-order valence-electron chi connectivity index (χ0n) is 23.1. The number of hydrogen-bond donors (Lipinski definition) is 1. The minimum atomic E-state index is -0.416. The van der Waals surface area contributed by atoms with Gasteiger partial charge in [0.2, 0.25) is 11.8 Å². The highest BCUT2D eigenvalue weighted by molar-refractivity contribution is 5.96. The van der Waals surface area contributed by atoms with E-state index < -0.39 is 4.92 Å². The number of benzene rings is 2. The van der Waals surface area contributed by atoms with E-state index in [1.54, 1.807) is 17.0 Å². The Bertz CT molecular complexity index is 1390. The lowest BCUT2D eigenvalue weighted by molar-refractivity contribution is -0.384. The number of amides is 2. The van der Waals surface area contributed by atoms with Crippen LogP contribution in [0.5, 0.6) is 0 Å². The third-order valence-corrected chi connectivity index (χ3v) is 8.02. The molecule has 2 aliphatic heterocycles. The molecule has 0 aliphatic carbocycles. The average molecular weight is 545 g/mol. The van der Waals surface area contributed by atoms with E-state index in [4.69, 9.17) is 4.98 Å². The Labute approximate surface area is 234 Å². The maximum atomic E-state index is 12.8. The number of pyridine rings is 1. The van der Waals surface area contributed by atoms with Crippen molar-refractivity contribution >= 4 is 45.6 Å². The number of nitrogens with zero attached hydrogens (tertiary/aromatic N) is 5. The van der Waals surface area contributed by atoms with Crippen molar-refractivity contribution in [1.29, 1.82) is 0 Å². The molecule has 1 N–H and O–H groups in total. The molecule has 10 heteroatoms.